The number of esters is 1. The SMILES string of the molecule is CCCC(CCC)C(=O)OCC(C)(C)C.O=CONC(=O)O. The first-order valence-corrected chi connectivity index (χ1v) is 7.42. The summed E-state index contributed by atoms with van der Waals surface area (Å²) >= 11 is 0. The Labute approximate surface area is 132 Å². The van der Waals surface area contributed by atoms with Crippen molar-refractivity contribution >= 4 is 18.5 Å². The predicted molar refractivity (Wildman–Crippen MR) is 82.0 cm³/mol. The van der Waals surface area contributed by atoms with Crippen molar-refractivity contribution in [3.8, 4) is 0 Å². The zero-order valence-corrected chi connectivity index (χ0v) is 14.2. The van der Waals surface area contributed by atoms with Crippen molar-refractivity contribution in [1.82, 2.24) is 5.48 Å². The normalized spacial score (nSPS) is 10.3. The summed E-state index contributed by atoms with van der Waals surface area (Å²) in [6.07, 6.45) is 2.62. The Bertz CT molecular complexity index is 318. The maximum atomic E-state index is 11.7. The lowest BCUT2D eigenvalue weighted by molar-refractivity contribution is -0.151. The lowest BCUT2D eigenvalue weighted by Crippen LogP contribution is -2.23. The van der Waals surface area contributed by atoms with Crippen LogP contribution in [0.1, 0.15) is 60.3 Å². The highest BCUT2D eigenvalue weighted by molar-refractivity contribution is 5.72. The number of carboxylic acid groups (broad SMARTS) is 1. The summed E-state index contributed by atoms with van der Waals surface area (Å²) in [6.45, 7) is 11.0. The van der Waals surface area contributed by atoms with Gasteiger partial charge in [-0.3, -0.25) is 9.59 Å². The van der Waals surface area contributed by atoms with Gasteiger partial charge < -0.3 is 14.7 Å². The average Bonchev–Trinajstić information content (AvgIpc) is 2.42. The van der Waals surface area contributed by atoms with Crippen LogP contribution in [0.3, 0.4) is 0 Å². The van der Waals surface area contributed by atoms with Gasteiger partial charge in [-0.2, -0.15) is 5.48 Å². The van der Waals surface area contributed by atoms with Crippen LogP contribution < -0.4 is 5.48 Å². The fourth-order valence-electron chi connectivity index (χ4n) is 1.56. The molecule has 7 nitrogen and oxygen atoms in total. The molecule has 130 valence electrons. The first-order chi connectivity index (χ1) is 10.2. The molecule has 0 rings (SSSR count). The molecule has 0 aromatic heterocycles. The maximum absolute atomic E-state index is 11.7. The summed E-state index contributed by atoms with van der Waals surface area (Å²) < 4.78 is 5.33. The van der Waals surface area contributed by atoms with Gasteiger partial charge in [-0.15, -0.1) is 0 Å². The molecule has 0 aromatic carbocycles. The van der Waals surface area contributed by atoms with Gasteiger partial charge in [0.1, 0.15) is 0 Å². The molecule has 0 bridgehead atoms. The third-order valence-electron chi connectivity index (χ3n) is 2.45. The van der Waals surface area contributed by atoms with Crippen LogP contribution in [0.5, 0.6) is 0 Å². The molecule has 0 aliphatic carbocycles. The molecule has 0 aliphatic heterocycles. The van der Waals surface area contributed by atoms with E-state index < -0.39 is 6.09 Å². The Hall–Kier alpha value is -1.79. The zero-order chi connectivity index (χ0) is 17.6. The molecule has 0 atom stereocenters. The molecule has 1 amide bonds. The molecule has 7 heteroatoms. The standard InChI is InChI=1S/C13H26O2.C2H3NO4/c1-6-8-11(9-7-2)12(14)15-10-13(3,4)5;4-1-7-3-2(5)6/h11H,6-10H2,1-5H3;1,3H,(H,5,6). The van der Waals surface area contributed by atoms with E-state index in [1.807, 2.05) is 0 Å². The van der Waals surface area contributed by atoms with E-state index in [2.05, 4.69) is 39.5 Å². The summed E-state index contributed by atoms with van der Waals surface area (Å²) in [5, 5.41) is 7.65. The number of ether oxygens (including phenoxy) is 1. The number of hydrogen-bond acceptors (Lipinski definition) is 5. The number of nitrogens with one attached hydrogen (secondary N) is 1. The summed E-state index contributed by atoms with van der Waals surface area (Å²) in [5.41, 5.74) is 1.41. The van der Waals surface area contributed by atoms with Gasteiger partial charge in [-0.25, -0.2) is 4.79 Å². The number of amides is 1. The number of rotatable bonds is 8. The average molecular weight is 319 g/mol. The summed E-state index contributed by atoms with van der Waals surface area (Å²) in [6, 6.07) is 0. The molecule has 0 fully saturated rings. The molecule has 0 saturated heterocycles. The molecule has 22 heavy (non-hydrogen) atoms. The van der Waals surface area contributed by atoms with Gasteiger partial charge in [0.15, 0.2) is 0 Å². The van der Waals surface area contributed by atoms with Gasteiger partial charge in [0.25, 0.3) is 0 Å². The fourth-order valence-corrected chi connectivity index (χ4v) is 1.56. The van der Waals surface area contributed by atoms with E-state index in [-0.39, 0.29) is 23.8 Å². The third-order valence-corrected chi connectivity index (χ3v) is 2.45. The van der Waals surface area contributed by atoms with Crippen LogP contribution in [0.4, 0.5) is 4.79 Å². The highest BCUT2D eigenvalue weighted by atomic mass is 16.7. The molecular formula is C15H29NO6. The molecule has 2 N–H and O–H groups in total. The molecule has 0 aromatic rings. The monoisotopic (exact) mass is 319 g/mol. The van der Waals surface area contributed by atoms with E-state index in [1.165, 1.54) is 5.48 Å². The molecule has 0 saturated carbocycles. The largest absolute Gasteiger partial charge is 0.465 e. The van der Waals surface area contributed by atoms with Gasteiger partial charge in [-0.1, -0.05) is 47.5 Å². The molecule has 0 radical (unpaired) electrons. The summed E-state index contributed by atoms with van der Waals surface area (Å²) in [4.78, 5) is 33.8. The molecule has 0 unspecified atom stereocenters. The maximum Gasteiger partial charge on any atom is 0.438 e. The van der Waals surface area contributed by atoms with E-state index in [0.717, 1.165) is 25.7 Å². The Balaban J connectivity index is 0. The highest BCUT2D eigenvalue weighted by Gasteiger charge is 2.20. The minimum atomic E-state index is -1.40. The first kappa shape index (κ1) is 22.5. The number of carbonyl (C=O) groups excluding carboxylic acids is 2. The van der Waals surface area contributed by atoms with Crippen molar-refractivity contribution in [3.63, 3.8) is 0 Å². The van der Waals surface area contributed by atoms with Crippen molar-refractivity contribution in [3.05, 3.63) is 0 Å². The fraction of sp³-hybridized carbons (Fsp3) is 0.800. The van der Waals surface area contributed by atoms with E-state index >= 15 is 0 Å². The van der Waals surface area contributed by atoms with Crippen LogP contribution in [0, 0.1) is 11.3 Å². The molecule has 0 heterocycles. The second kappa shape index (κ2) is 12.9. The van der Waals surface area contributed by atoms with Crippen LogP contribution in [0.2, 0.25) is 0 Å². The van der Waals surface area contributed by atoms with E-state index in [0.29, 0.717) is 6.61 Å². The lowest BCUT2D eigenvalue weighted by Gasteiger charge is -2.20. The Morgan fingerprint density at radius 3 is 1.95 bits per heavy atom. The minimum absolute atomic E-state index is 0.00590. The van der Waals surface area contributed by atoms with E-state index in [1.54, 1.807) is 0 Å². The topological polar surface area (TPSA) is 102 Å². The predicted octanol–water partition coefficient (Wildman–Crippen LogP) is 3.13. The number of carbonyl (C=O) groups is 3. The number of hydrogen-bond donors (Lipinski definition) is 2. The van der Waals surface area contributed by atoms with E-state index in [4.69, 9.17) is 14.6 Å². The lowest BCUT2D eigenvalue weighted by atomic mass is 9.97. The van der Waals surface area contributed by atoms with Gasteiger partial charge in [0, 0.05) is 0 Å². The van der Waals surface area contributed by atoms with Gasteiger partial charge in [-0.05, 0) is 18.3 Å². The number of hydroxylamine groups is 1. The van der Waals surface area contributed by atoms with E-state index in [9.17, 15) is 9.59 Å². The smallest absolute Gasteiger partial charge is 0.438 e. The van der Waals surface area contributed by atoms with Crippen LogP contribution in [0.15, 0.2) is 0 Å². The van der Waals surface area contributed by atoms with Crippen LogP contribution in [-0.4, -0.2) is 30.2 Å². The second-order valence-corrected chi connectivity index (χ2v) is 6.06. The summed E-state index contributed by atoms with van der Waals surface area (Å²) in [5.74, 6) is 0.107. The highest BCUT2D eigenvalue weighted by Crippen LogP contribution is 2.18. The zero-order valence-electron chi connectivity index (χ0n) is 14.2. The van der Waals surface area contributed by atoms with Gasteiger partial charge >= 0.3 is 18.5 Å². The van der Waals surface area contributed by atoms with Crippen molar-refractivity contribution < 1.29 is 29.1 Å². The van der Waals surface area contributed by atoms with Gasteiger partial charge in [0.2, 0.25) is 0 Å². The quantitative estimate of drug-likeness (QED) is 0.405. The van der Waals surface area contributed by atoms with Crippen LogP contribution in [-0.2, 0) is 19.2 Å². The third kappa shape index (κ3) is 16.3. The van der Waals surface area contributed by atoms with Crippen molar-refractivity contribution in [1.29, 1.82) is 0 Å². The van der Waals surface area contributed by atoms with Crippen LogP contribution >= 0.6 is 0 Å². The summed E-state index contributed by atoms with van der Waals surface area (Å²) in [7, 11) is 0. The van der Waals surface area contributed by atoms with Gasteiger partial charge in [0.05, 0.1) is 12.5 Å². The van der Waals surface area contributed by atoms with Crippen molar-refractivity contribution in [2.75, 3.05) is 6.61 Å². The van der Waals surface area contributed by atoms with Crippen molar-refractivity contribution in [2.45, 2.75) is 60.3 Å². The Kier molecular flexibility index (Phi) is 13.2. The molecule has 0 spiro atoms. The second-order valence-electron chi connectivity index (χ2n) is 6.06. The van der Waals surface area contributed by atoms with Crippen molar-refractivity contribution in [2.24, 2.45) is 11.3 Å². The molecule has 0 aliphatic rings. The van der Waals surface area contributed by atoms with Crippen LogP contribution in [0.25, 0.3) is 0 Å². The minimum Gasteiger partial charge on any atom is -0.465 e. The first-order valence-electron chi connectivity index (χ1n) is 7.42. The Morgan fingerprint density at radius 1 is 1.18 bits per heavy atom. The Morgan fingerprint density at radius 2 is 1.68 bits per heavy atom. The molecular weight excluding hydrogens is 290 g/mol.